The lowest BCUT2D eigenvalue weighted by Crippen LogP contribution is -2.33. The van der Waals surface area contributed by atoms with Gasteiger partial charge in [0.05, 0.1) is 17.4 Å². The SMILES string of the molecule is O=C(O)[C@@H]1CN(CCOc2ccc(C(F)(F)F)cc2)C[C@H]1C(F)(F)F. The first-order valence-electron chi connectivity index (χ1n) is 7.30. The van der Waals surface area contributed by atoms with Crippen LogP contribution in [0.25, 0.3) is 0 Å². The molecule has 1 fully saturated rings. The summed E-state index contributed by atoms with van der Waals surface area (Å²) in [4.78, 5) is 12.3. The van der Waals surface area contributed by atoms with Crippen LogP contribution in [0.2, 0.25) is 0 Å². The van der Waals surface area contributed by atoms with Gasteiger partial charge in [-0.3, -0.25) is 9.69 Å². The molecule has 1 N–H and O–H groups in total. The van der Waals surface area contributed by atoms with Crippen LogP contribution in [0.4, 0.5) is 26.3 Å². The Morgan fingerprint density at radius 2 is 1.72 bits per heavy atom. The number of hydrogen-bond acceptors (Lipinski definition) is 3. The smallest absolute Gasteiger partial charge is 0.416 e. The predicted octanol–water partition coefficient (Wildman–Crippen LogP) is 3.28. The average molecular weight is 371 g/mol. The normalized spacial score (nSPS) is 22.2. The predicted molar refractivity (Wildman–Crippen MR) is 74.0 cm³/mol. The number of likely N-dealkylation sites (tertiary alicyclic amines) is 1. The molecule has 0 spiro atoms. The van der Waals surface area contributed by atoms with Crippen LogP contribution in [0.1, 0.15) is 5.56 Å². The Kier molecular flexibility index (Phi) is 5.50. The summed E-state index contributed by atoms with van der Waals surface area (Å²) in [6.45, 7) is -0.730. The van der Waals surface area contributed by atoms with E-state index in [2.05, 4.69) is 0 Å². The van der Waals surface area contributed by atoms with Crippen LogP contribution in [0.3, 0.4) is 0 Å². The fourth-order valence-electron chi connectivity index (χ4n) is 2.68. The third kappa shape index (κ3) is 5.00. The highest BCUT2D eigenvalue weighted by molar-refractivity contribution is 5.71. The molecule has 1 heterocycles. The van der Waals surface area contributed by atoms with Crippen molar-refractivity contribution in [3.63, 3.8) is 0 Å². The van der Waals surface area contributed by atoms with Crippen LogP contribution in [-0.4, -0.2) is 48.4 Å². The molecule has 0 aromatic heterocycles. The molecule has 10 heteroatoms. The van der Waals surface area contributed by atoms with E-state index in [1.54, 1.807) is 0 Å². The van der Waals surface area contributed by atoms with E-state index in [0.29, 0.717) is 0 Å². The number of aliphatic carboxylic acids is 1. The highest BCUT2D eigenvalue weighted by Crippen LogP contribution is 2.37. The summed E-state index contributed by atoms with van der Waals surface area (Å²) < 4.78 is 81.0. The lowest BCUT2D eigenvalue weighted by Gasteiger charge is -2.18. The van der Waals surface area contributed by atoms with Crippen LogP contribution in [0.15, 0.2) is 24.3 Å². The molecule has 0 bridgehead atoms. The maximum absolute atomic E-state index is 12.9. The van der Waals surface area contributed by atoms with Gasteiger partial charge in [-0.2, -0.15) is 26.3 Å². The van der Waals surface area contributed by atoms with Crippen molar-refractivity contribution in [3.8, 4) is 5.75 Å². The lowest BCUT2D eigenvalue weighted by atomic mass is 9.96. The standard InChI is InChI=1S/C15H15F6NO3/c16-14(17,18)9-1-3-10(4-2-9)25-6-5-22-7-11(13(23)24)12(8-22)15(19,20)21/h1-4,11-12H,5-8H2,(H,23,24)/t11-,12-/m1/s1. The minimum Gasteiger partial charge on any atom is -0.492 e. The molecule has 2 atom stereocenters. The molecule has 1 aliphatic rings. The molecular weight excluding hydrogens is 356 g/mol. The summed E-state index contributed by atoms with van der Waals surface area (Å²) in [5, 5.41) is 8.91. The van der Waals surface area contributed by atoms with Crippen LogP contribution in [-0.2, 0) is 11.0 Å². The second-order valence-corrected chi connectivity index (χ2v) is 5.72. The number of carboxylic acid groups (broad SMARTS) is 1. The molecule has 25 heavy (non-hydrogen) atoms. The molecule has 140 valence electrons. The van der Waals surface area contributed by atoms with Crippen molar-refractivity contribution in [3.05, 3.63) is 29.8 Å². The van der Waals surface area contributed by atoms with Gasteiger partial charge < -0.3 is 9.84 Å². The van der Waals surface area contributed by atoms with Crippen molar-refractivity contribution in [1.29, 1.82) is 0 Å². The molecule has 0 amide bonds. The van der Waals surface area contributed by atoms with Gasteiger partial charge in [-0.1, -0.05) is 0 Å². The van der Waals surface area contributed by atoms with Gasteiger partial charge in [-0.25, -0.2) is 0 Å². The summed E-state index contributed by atoms with van der Waals surface area (Å²) >= 11 is 0. The first-order chi connectivity index (χ1) is 11.5. The van der Waals surface area contributed by atoms with Crippen molar-refractivity contribution in [2.75, 3.05) is 26.2 Å². The molecule has 0 saturated carbocycles. The summed E-state index contributed by atoms with van der Waals surface area (Å²) in [5.41, 5.74) is -0.836. The Hall–Kier alpha value is -1.97. The number of halogens is 6. The van der Waals surface area contributed by atoms with Gasteiger partial charge in [0.15, 0.2) is 0 Å². The Balaban J connectivity index is 1.87. The van der Waals surface area contributed by atoms with Crippen molar-refractivity contribution in [1.82, 2.24) is 4.90 Å². The Labute approximate surface area is 139 Å². The zero-order valence-electron chi connectivity index (χ0n) is 12.8. The summed E-state index contributed by atoms with van der Waals surface area (Å²) in [6, 6.07) is 3.91. The second kappa shape index (κ2) is 7.11. The number of rotatable bonds is 5. The minimum atomic E-state index is -4.61. The number of hydrogen-bond donors (Lipinski definition) is 1. The van der Waals surface area contributed by atoms with E-state index in [-0.39, 0.29) is 25.4 Å². The summed E-state index contributed by atoms with van der Waals surface area (Å²) in [5.74, 6) is -4.84. The van der Waals surface area contributed by atoms with Gasteiger partial charge in [-0.15, -0.1) is 0 Å². The van der Waals surface area contributed by atoms with Crippen LogP contribution < -0.4 is 4.74 Å². The van der Waals surface area contributed by atoms with Crippen molar-refractivity contribution in [2.24, 2.45) is 11.8 Å². The van der Waals surface area contributed by atoms with Gasteiger partial charge in [0.1, 0.15) is 12.4 Å². The zero-order valence-corrected chi connectivity index (χ0v) is 12.8. The fourth-order valence-corrected chi connectivity index (χ4v) is 2.68. The number of carboxylic acids is 1. The second-order valence-electron chi connectivity index (χ2n) is 5.72. The van der Waals surface area contributed by atoms with E-state index in [9.17, 15) is 31.1 Å². The number of carbonyl (C=O) groups is 1. The number of ether oxygens (including phenoxy) is 1. The minimum absolute atomic E-state index is 0.0391. The van der Waals surface area contributed by atoms with Crippen molar-refractivity contribution >= 4 is 5.97 Å². The molecule has 0 aliphatic carbocycles. The molecular formula is C15H15F6NO3. The van der Waals surface area contributed by atoms with Crippen molar-refractivity contribution < 1.29 is 41.0 Å². The topological polar surface area (TPSA) is 49.8 Å². The largest absolute Gasteiger partial charge is 0.492 e. The van der Waals surface area contributed by atoms with Gasteiger partial charge in [0, 0.05) is 19.6 Å². The first-order valence-corrected chi connectivity index (χ1v) is 7.30. The summed E-state index contributed by atoms with van der Waals surface area (Å²) in [6.07, 6.45) is -9.07. The lowest BCUT2D eigenvalue weighted by molar-refractivity contribution is -0.188. The van der Waals surface area contributed by atoms with Gasteiger partial charge >= 0.3 is 18.3 Å². The molecule has 2 rings (SSSR count). The van der Waals surface area contributed by atoms with E-state index < -0.39 is 42.3 Å². The maximum atomic E-state index is 12.9. The van der Waals surface area contributed by atoms with Crippen molar-refractivity contribution in [2.45, 2.75) is 12.4 Å². The van der Waals surface area contributed by atoms with E-state index in [1.807, 2.05) is 0 Å². The molecule has 1 aromatic rings. The fraction of sp³-hybridized carbons (Fsp3) is 0.533. The van der Waals surface area contributed by atoms with Gasteiger partial charge in [0.25, 0.3) is 0 Å². The molecule has 0 unspecified atom stereocenters. The average Bonchev–Trinajstić information content (AvgIpc) is 2.91. The summed E-state index contributed by atoms with van der Waals surface area (Å²) in [7, 11) is 0. The van der Waals surface area contributed by atoms with Gasteiger partial charge in [0.2, 0.25) is 0 Å². The molecule has 0 radical (unpaired) electrons. The number of benzene rings is 1. The zero-order chi connectivity index (χ0) is 18.8. The van der Waals surface area contributed by atoms with Crippen LogP contribution in [0, 0.1) is 11.8 Å². The quantitative estimate of drug-likeness (QED) is 0.808. The third-order valence-corrected chi connectivity index (χ3v) is 3.99. The number of alkyl halides is 6. The monoisotopic (exact) mass is 371 g/mol. The Bertz CT molecular complexity index is 599. The number of nitrogens with zero attached hydrogens (tertiary/aromatic N) is 1. The highest BCUT2D eigenvalue weighted by atomic mass is 19.4. The van der Waals surface area contributed by atoms with E-state index in [0.717, 1.165) is 24.3 Å². The maximum Gasteiger partial charge on any atom is 0.416 e. The van der Waals surface area contributed by atoms with Crippen LogP contribution in [0.5, 0.6) is 5.75 Å². The van der Waals surface area contributed by atoms with E-state index in [4.69, 9.17) is 9.84 Å². The molecule has 1 aliphatic heterocycles. The van der Waals surface area contributed by atoms with Gasteiger partial charge in [-0.05, 0) is 24.3 Å². The molecule has 1 aromatic carbocycles. The Morgan fingerprint density at radius 3 is 2.16 bits per heavy atom. The van der Waals surface area contributed by atoms with E-state index in [1.165, 1.54) is 4.90 Å². The first kappa shape index (κ1) is 19.4. The molecule has 4 nitrogen and oxygen atoms in total. The van der Waals surface area contributed by atoms with Crippen LogP contribution >= 0.6 is 0 Å². The van der Waals surface area contributed by atoms with E-state index >= 15 is 0 Å². The molecule has 1 saturated heterocycles. The highest BCUT2D eigenvalue weighted by Gasteiger charge is 2.52. The third-order valence-electron chi connectivity index (χ3n) is 3.99. The Morgan fingerprint density at radius 1 is 1.12 bits per heavy atom.